The van der Waals surface area contributed by atoms with Crippen molar-refractivity contribution in [1.29, 1.82) is 0 Å². The molecule has 3 nitrogen and oxygen atoms in total. The average Bonchev–Trinajstić information content (AvgIpc) is 2.29. The fraction of sp³-hybridized carbons (Fsp3) is 0.462. The lowest BCUT2D eigenvalue weighted by Crippen LogP contribution is -2.28. The van der Waals surface area contributed by atoms with Crippen LogP contribution in [0, 0.1) is 5.82 Å². The van der Waals surface area contributed by atoms with Gasteiger partial charge in [-0.15, -0.1) is 0 Å². The maximum atomic E-state index is 12.9. The lowest BCUT2D eigenvalue weighted by atomic mass is 10.1. The third kappa shape index (κ3) is 5.06. The van der Waals surface area contributed by atoms with Gasteiger partial charge in [-0.3, -0.25) is 9.69 Å². The lowest BCUT2D eigenvalue weighted by molar-refractivity contribution is 0.0945. The van der Waals surface area contributed by atoms with E-state index in [0.29, 0.717) is 12.1 Å². The van der Waals surface area contributed by atoms with Crippen LogP contribution in [0.2, 0.25) is 0 Å². The molecule has 0 amide bonds. The monoisotopic (exact) mass is 238 g/mol. The van der Waals surface area contributed by atoms with Crippen molar-refractivity contribution in [2.24, 2.45) is 0 Å². The Bertz CT molecular complexity index is 368. The van der Waals surface area contributed by atoms with Gasteiger partial charge in [0.15, 0.2) is 5.78 Å². The molecule has 0 saturated heterocycles. The summed E-state index contributed by atoms with van der Waals surface area (Å²) in [6.45, 7) is 2.10. The molecule has 0 aliphatic carbocycles. The van der Waals surface area contributed by atoms with Gasteiger partial charge in [0, 0.05) is 5.56 Å². The van der Waals surface area contributed by atoms with Crippen LogP contribution in [-0.2, 0) is 0 Å². The van der Waals surface area contributed by atoms with Crippen molar-refractivity contribution in [3.63, 3.8) is 0 Å². The van der Waals surface area contributed by atoms with E-state index >= 15 is 0 Å². The first-order valence-electron chi connectivity index (χ1n) is 5.75. The van der Waals surface area contributed by atoms with Crippen molar-refractivity contribution in [2.45, 2.75) is 6.42 Å². The number of hydrogen-bond donors (Lipinski definition) is 1. The average molecular weight is 238 g/mol. The summed E-state index contributed by atoms with van der Waals surface area (Å²) in [5, 5.41) is 3.05. The van der Waals surface area contributed by atoms with Crippen LogP contribution < -0.4 is 5.32 Å². The Morgan fingerprint density at radius 1 is 1.47 bits per heavy atom. The van der Waals surface area contributed by atoms with E-state index in [-0.39, 0.29) is 11.6 Å². The number of ketones is 1. The number of carbonyl (C=O) groups is 1. The van der Waals surface area contributed by atoms with Crippen molar-refractivity contribution < 1.29 is 9.18 Å². The Hall–Kier alpha value is -1.26. The van der Waals surface area contributed by atoms with Crippen molar-refractivity contribution in [2.75, 3.05) is 33.7 Å². The van der Waals surface area contributed by atoms with E-state index in [1.807, 2.05) is 19.0 Å². The van der Waals surface area contributed by atoms with E-state index in [9.17, 15) is 9.18 Å². The first-order chi connectivity index (χ1) is 8.13. The van der Waals surface area contributed by atoms with Crippen LogP contribution in [0.4, 0.5) is 4.39 Å². The van der Waals surface area contributed by atoms with Gasteiger partial charge in [0.1, 0.15) is 5.82 Å². The number of nitrogens with one attached hydrogen (secondary N) is 1. The van der Waals surface area contributed by atoms with E-state index < -0.39 is 0 Å². The van der Waals surface area contributed by atoms with Crippen LogP contribution in [0.3, 0.4) is 0 Å². The molecule has 0 aromatic heterocycles. The van der Waals surface area contributed by atoms with Gasteiger partial charge in [-0.25, -0.2) is 4.39 Å². The molecule has 0 radical (unpaired) electrons. The SMILES string of the molecule is CNCCCN(C)CC(=O)c1cccc(F)c1. The standard InChI is InChI=1S/C13H19FN2O/c1-15-7-4-8-16(2)10-13(17)11-5-3-6-12(14)9-11/h3,5-6,9,15H,4,7-8,10H2,1-2H3. The molecule has 0 aliphatic rings. The largest absolute Gasteiger partial charge is 0.320 e. The molecule has 1 aromatic carbocycles. The summed E-state index contributed by atoms with van der Waals surface area (Å²) in [5.74, 6) is -0.412. The normalized spacial score (nSPS) is 10.8. The smallest absolute Gasteiger partial charge is 0.176 e. The quantitative estimate of drug-likeness (QED) is 0.578. The third-order valence-electron chi connectivity index (χ3n) is 2.53. The summed E-state index contributed by atoms with van der Waals surface area (Å²) in [6, 6.07) is 5.83. The first-order valence-corrected chi connectivity index (χ1v) is 5.75. The molecule has 1 aromatic rings. The summed E-state index contributed by atoms with van der Waals surface area (Å²) in [7, 11) is 3.80. The highest BCUT2D eigenvalue weighted by Gasteiger charge is 2.09. The molecule has 0 saturated carbocycles. The number of likely N-dealkylation sites (N-methyl/N-ethyl adjacent to an activating group) is 1. The Morgan fingerprint density at radius 2 is 2.24 bits per heavy atom. The molecule has 1 rings (SSSR count). The molecule has 0 spiro atoms. The minimum Gasteiger partial charge on any atom is -0.320 e. The minimum absolute atomic E-state index is 0.0449. The topological polar surface area (TPSA) is 32.3 Å². The van der Waals surface area contributed by atoms with Crippen LogP contribution >= 0.6 is 0 Å². The fourth-order valence-corrected chi connectivity index (χ4v) is 1.60. The predicted molar refractivity (Wildman–Crippen MR) is 66.8 cm³/mol. The maximum Gasteiger partial charge on any atom is 0.176 e. The van der Waals surface area contributed by atoms with E-state index in [0.717, 1.165) is 19.5 Å². The van der Waals surface area contributed by atoms with Gasteiger partial charge in [-0.05, 0) is 45.7 Å². The second kappa shape index (κ2) is 7.14. The molecule has 0 bridgehead atoms. The second-order valence-corrected chi connectivity index (χ2v) is 4.13. The molecular weight excluding hydrogens is 219 g/mol. The highest BCUT2D eigenvalue weighted by Crippen LogP contribution is 2.05. The number of rotatable bonds is 7. The van der Waals surface area contributed by atoms with E-state index in [1.54, 1.807) is 12.1 Å². The number of halogens is 1. The van der Waals surface area contributed by atoms with Crippen LogP contribution in [0.5, 0.6) is 0 Å². The van der Waals surface area contributed by atoms with Crippen molar-refractivity contribution >= 4 is 5.78 Å². The summed E-state index contributed by atoms with van der Waals surface area (Å²) in [6.07, 6.45) is 0.990. The minimum atomic E-state index is -0.367. The molecule has 0 heterocycles. The fourth-order valence-electron chi connectivity index (χ4n) is 1.60. The molecule has 0 atom stereocenters. The zero-order valence-electron chi connectivity index (χ0n) is 10.4. The molecule has 4 heteroatoms. The highest BCUT2D eigenvalue weighted by molar-refractivity contribution is 5.97. The molecule has 0 unspecified atom stereocenters. The number of nitrogens with zero attached hydrogens (tertiary/aromatic N) is 1. The van der Waals surface area contributed by atoms with Gasteiger partial charge < -0.3 is 5.32 Å². The van der Waals surface area contributed by atoms with E-state index in [1.165, 1.54) is 12.1 Å². The van der Waals surface area contributed by atoms with Crippen molar-refractivity contribution in [1.82, 2.24) is 10.2 Å². The van der Waals surface area contributed by atoms with Crippen molar-refractivity contribution in [3.8, 4) is 0 Å². The van der Waals surface area contributed by atoms with Crippen molar-refractivity contribution in [3.05, 3.63) is 35.6 Å². The van der Waals surface area contributed by atoms with Crippen LogP contribution in [0.15, 0.2) is 24.3 Å². The molecule has 17 heavy (non-hydrogen) atoms. The van der Waals surface area contributed by atoms with Crippen LogP contribution in [0.25, 0.3) is 0 Å². The number of benzene rings is 1. The summed E-state index contributed by atoms with van der Waals surface area (Å²) >= 11 is 0. The predicted octanol–water partition coefficient (Wildman–Crippen LogP) is 1.55. The molecule has 94 valence electrons. The zero-order valence-corrected chi connectivity index (χ0v) is 10.4. The molecule has 1 N–H and O–H groups in total. The zero-order chi connectivity index (χ0) is 12.7. The Balaban J connectivity index is 2.43. The molecule has 0 fully saturated rings. The van der Waals surface area contributed by atoms with Gasteiger partial charge in [-0.2, -0.15) is 0 Å². The molecular formula is C13H19FN2O. The van der Waals surface area contributed by atoms with Gasteiger partial charge in [0.25, 0.3) is 0 Å². The number of hydrogen-bond acceptors (Lipinski definition) is 3. The summed E-state index contributed by atoms with van der Waals surface area (Å²) in [5.41, 5.74) is 0.436. The Kier molecular flexibility index (Phi) is 5.80. The first kappa shape index (κ1) is 13.8. The van der Waals surface area contributed by atoms with Crippen LogP contribution in [0.1, 0.15) is 16.8 Å². The Morgan fingerprint density at radius 3 is 2.88 bits per heavy atom. The van der Waals surface area contributed by atoms with E-state index in [4.69, 9.17) is 0 Å². The molecule has 0 aliphatic heterocycles. The van der Waals surface area contributed by atoms with E-state index in [2.05, 4.69) is 5.32 Å². The van der Waals surface area contributed by atoms with Gasteiger partial charge in [0.2, 0.25) is 0 Å². The number of carbonyl (C=O) groups excluding carboxylic acids is 1. The van der Waals surface area contributed by atoms with Crippen LogP contribution in [-0.4, -0.2) is 44.4 Å². The van der Waals surface area contributed by atoms with Gasteiger partial charge in [-0.1, -0.05) is 12.1 Å². The number of Topliss-reactive ketones (excluding diaryl/α,β-unsaturated/α-hetero) is 1. The highest BCUT2D eigenvalue weighted by atomic mass is 19.1. The Labute approximate surface area is 102 Å². The van der Waals surface area contributed by atoms with Gasteiger partial charge >= 0.3 is 0 Å². The lowest BCUT2D eigenvalue weighted by Gasteiger charge is -2.15. The summed E-state index contributed by atoms with van der Waals surface area (Å²) in [4.78, 5) is 13.8. The maximum absolute atomic E-state index is 12.9. The van der Waals surface area contributed by atoms with Gasteiger partial charge in [0.05, 0.1) is 6.54 Å². The second-order valence-electron chi connectivity index (χ2n) is 4.13. The summed E-state index contributed by atoms with van der Waals surface area (Å²) < 4.78 is 12.9. The third-order valence-corrected chi connectivity index (χ3v) is 2.53.